The van der Waals surface area contributed by atoms with Crippen molar-refractivity contribution in [2.75, 3.05) is 0 Å². The fourth-order valence-electron chi connectivity index (χ4n) is 1.10. The molecule has 0 spiro atoms. The van der Waals surface area contributed by atoms with Gasteiger partial charge in [0.25, 0.3) is 0 Å². The van der Waals surface area contributed by atoms with Gasteiger partial charge in [0.15, 0.2) is 0 Å². The summed E-state index contributed by atoms with van der Waals surface area (Å²) < 4.78 is 0.431. The van der Waals surface area contributed by atoms with Crippen molar-refractivity contribution < 1.29 is 0 Å². The van der Waals surface area contributed by atoms with Crippen LogP contribution in [-0.2, 0) is 5.41 Å². The van der Waals surface area contributed by atoms with Gasteiger partial charge in [0.05, 0.1) is 0 Å². The van der Waals surface area contributed by atoms with Crippen molar-refractivity contribution in [3.8, 4) is 0 Å². The zero-order chi connectivity index (χ0) is 10.1. The molecule has 0 bridgehead atoms. The zero-order valence-electron chi connectivity index (χ0n) is 8.10. The molecule has 0 aliphatic rings. The minimum absolute atomic E-state index is 0.187. The Kier molecular flexibility index (Phi) is 3.09. The van der Waals surface area contributed by atoms with E-state index in [4.69, 9.17) is 23.8 Å². The summed E-state index contributed by atoms with van der Waals surface area (Å²) in [5, 5.41) is 0. The Bertz CT molecular complexity index is 306. The number of thiocarbonyl (C=S) groups is 1. The molecule has 0 saturated heterocycles. The Balaban J connectivity index is 3.01. The Hall–Kier alpha value is -0.400. The molecule has 0 amide bonds. The lowest BCUT2D eigenvalue weighted by molar-refractivity contribution is 0.590. The predicted octanol–water partition coefficient (Wildman–Crippen LogP) is 3.90. The van der Waals surface area contributed by atoms with E-state index in [1.54, 1.807) is 0 Å². The van der Waals surface area contributed by atoms with Gasteiger partial charge >= 0.3 is 0 Å². The van der Waals surface area contributed by atoms with Crippen LogP contribution < -0.4 is 0 Å². The van der Waals surface area contributed by atoms with Gasteiger partial charge in [-0.25, -0.2) is 0 Å². The van der Waals surface area contributed by atoms with Gasteiger partial charge < -0.3 is 0 Å². The first-order valence-electron chi connectivity index (χ1n) is 4.21. The van der Waals surface area contributed by atoms with E-state index in [1.165, 1.54) is 5.56 Å². The van der Waals surface area contributed by atoms with Gasteiger partial charge in [0, 0.05) is 5.56 Å². The second-order valence-electron chi connectivity index (χ2n) is 4.10. The Morgan fingerprint density at radius 2 is 1.62 bits per heavy atom. The monoisotopic (exact) mass is 212 g/mol. The van der Waals surface area contributed by atoms with E-state index in [0.717, 1.165) is 5.56 Å². The molecule has 70 valence electrons. The van der Waals surface area contributed by atoms with E-state index in [9.17, 15) is 0 Å². The van der Waals surface area contributed by atoms with Crippen LogP contribution in [0.5, 0.6) is 0 Å². The van der Waals surface area contributed by atoms with Crippen LogP contribution in [0.15, 0.2) is 24.3 Å². The van der Waals surface area contributed by atoms with Crippen LogP contribution in [0.3, 0.4) is 0 Å². The van der Waals surface area contributed by atoms with Crippen LogP contribution in [0.2, 0.25) is 0 Å². The Labute approximate surface area is 89.9 Å². The van der Waals surface area contributed by atoms with E-state index in [1.807, 2.05) is 12.1 Å². The highest BCUT2D eigenvalue weighted by atomic mass is 35.5. The molecule has 0 atom stereocenters. The van der Waals surface area contributed by atoms with Gasteiger partial charge in [-0.15, -0.1) is 0 Å². The predicted molar refractivity (Wildman–Crippen MR) is 62.7 cm³/mol. The quantitative estimate of drug-likeness (QED) is 0.503. The standard InChI is InChI=1S/C11H13ClS/c1-11(2,3)9-6-4-8(5-7-9)10(12)13/h4-7H,1-3H3. The number of rotatable bonds is 1. The molecule has 0 fully saturated rings. The molecule has 1 aromatic rings. The maximum atomic E-state index is 5.70. The second-order valence-corrected chi connectivity index (χ2v) is 5.11. The van der Waals surface area contributed by atoms with Crippen molar-refractivity contribution in [2.45, 2.75) is 26.2 Å². The molecule has 0 heterocycles. The van der Waals surface area contributed by atoms with Crippen LogP contribution in [0.25, 0.3) is 0 Å². The van der Waals surface area contributed by atoms with Gasteiger partial charge in [0.1, 0.15) is 4.32 Å². The number of hydrogen-bond acceptors (Lipinski definition) is 1. The fraction of sp³-hybridized carbons (Fsp3) is 0.364. The summed E-state index contributed by atoms with van der Waals surface area (Å²) in [5.74, 6) is 0. The van der Waals surface area contributed by atoms with E-state index < -0.39 is 0 Å². The summed E-state index contributed by atoms with van der Waals surface area (Å²) in [6, 6.07) is 8.08. The van der Waals surface area contributed by atoms with Crippen molar-refractivity contribution in [2.24, 2.45) is 0 Å². The summed E-state index contributed by atoms with van der Waals surface area (Å²) >= 11 is 10.6. The van der Waals surface area contributed by atoms with Gasteiger partial charge in [-0.3, -0.25) is 0 Å². The van der Waals surface area contributed by atoms with Crippen LogP contribution in [0.1, 0.15) is 31.9 Å². The molecule has 1 rings (SSSR count). The molecule has 0 saturated carbocycles. The van der Waals surface area contributed by atoms with Gasteiger partial charge in [0.2, 0.25) is 0 Å². The molecular formula is C11H13ClS. The normalized spacial score (nSPS) is 11.4. The first kappa shape index (κ1) is 10.7. The van der Waals surface area contributed by atoms with Crippen molar-refractivity contribution in [3.63, 3.8) is 0 Å². The lowest BCUT2D eigenvalue weighted by Crippen LogP contribution is -2.10. The largest absolute Gasteiger partial charge is 0.111 e. The minimum Gasteiger partial charge on any atom is -0.0709 e. The van der Waals surface area contributed by atoms with Crippen molar-refractivity contribution in [1.82, 2.24) is 0 Å². The molecule has 0 aromatic heterocycles. The highest BCUT2D eigenvalue weighted by Crippen LogP contribution is 2.22. The minimum atomic E-state index is 0.187. The topological polar surface area (TPSA) is 0 Å². The molecule has 0 N–H and O–H groups in total. The lowest BCUT2D eigenvalue weighted by atomic mass is 9.87. The second kappa shape index (κ2) is 3.77. The SMILES string of the molecule is CC(C)(C)c1ccc(C(=S)Cl)cc1. The first-order chi connectivity index (χ1) is 5.91. The summed E-state index contributed by atoms with van der Waals surface area (Å²) in [7, 11) is 0. The van der Waals surface area contributed by atoms with Crippen LogP contribution in [-0.4, -0.2) is 4.32 Å². The van der Waals surface area contributed by atoms with Crippen LogP contribution >= 0.6 is 23.8 Å². The average Bonchev–Trinajstić information content (AvgIpc) is 2.03. The molecule has 0 nitrogen and oxygen atoms in total. The first-order valence-corrected chi connectivity index (χ1v) is 5.00. The maximum absolute atomic E-state index is 5.70. The highest BCUT2D eigenvalue weighted by molar-refractivity contribution is 7.83. The molecule has 0 radical (unpaired) electrons. The molecule has 2 heteroatoms. The Morgan fingerprint density at radius 1 is 1.15 bits per heavy atom. The highest BCUT2D eigenvalue weighted by Gasteiger charge is 2.12. The third-order valence-corrected chi connectivity index (χ3v) is 2.43. The summed E-state index contributed by atoms with van der Waals surface area (Å²) in [6.45, 7) is 6.54. The van der Waals surface area contributed by atoms with Gasteiger partial charge in [-0.2, -0.15) is 0 Å². The Morgan fingerprint density at radius 3 is 1.92 bits per heavy atom. The van der Waals surface area contributed by atoms with E-state index >= 15 is 0 Å². The van der Waals surface area contributed by atoms with Crippen LogP contribution in [0.4, 0.5) is 0 Å². The van der Waals surface area contributed by atoms with Gasteiger partial charge in [-0.05, 0) is 11.0 Å². The third kappa shape index (κ3) is 2.78. The zero-order valence-corrected chi connectivity index (χ0v) is 9.67. The van der Waals surface area contributed by atoms with E-state index in [2.05, 4.69) is 32.9 Å². The molecule has 13 heavy (non-hydrogen) atoms. The van der Waals surface area contributed by atoms with Gasteiger partial charge in [-0.1, -0.05) is 68.9 Å². The molecule has 0 aliphatic carbocycles. The number of benzene rings is 1. The lowest BCUT2D eigenvalue weighted by Gasteiger charge is -2.18. The molecule has 0 aliphatic heterocycles. The van der Waals surface area contributed by atoms with Crippen molar-refractivity contribution in [3.05, 3.63) is 35.4 Å². The van der Waals surface area contributed by atoms with E-state index in [0.29, 0.717) is 4.32 Å². The maximum Gasteiger partial charge on any atom is 0.111 e. The summed E-state index contributed by atoms with van der Waals surface area (Å²) in [5.41, 5.74) is 2.40. The van der Waals surface area contributed by atoms with Crippen LogP contribution in [0, 0.1) is 0 Å². The third-order valence-electron chi connectivity index (χ3n) is 1.98. The van der Waals surface area contributed by atoms with Crippen molar-refractivity contribution in [1.29, 1.82) is 0 Å². The smallest absolute Gasteiger partial charge is 0.0709 e. The fourth-order valence-corrected chi connectivity index (χ4v) is 1.36. The molecule has 0 unspecified atom stereocenters. The average molecular weight is 213 g/mol. The van der Waals surface area contributed by atoms with Crippen molar-refractivity contribution >= 4 is 28.1 Å². The summed E-state index contributed by atoms with van der Waals surface area (Å²) in [6.07, 6.45) is 0. The summed E-state index contributed by atoms with van der Waals surface area (Å²) in [4.78, 5) is 0. The number of halogens is 1. The van der Waals surface area contributed by atoms with E-state index in [-0.39, 0.29) is 5.41 Å². The molecule has 1 aromatic carbocycles. The molecular weight excluding hydrogens is 200 g/mol. The number of hydrogen-bond donors (Lipinski definition) is 0.